The molecule has 152 valence electrons. The Labute approximate surface area is 172 Å². The third-order valence-electron chi connectivity index (χ3n) is 5.77. The van der Waals surface area contributed by atoms with Gasteiger partial charge in [-0.15, -0.1) is 0 Å². The second-order valence-electron chi connectivity index (χ2n) is 7.63. The number of amides is 1. The summed E-state index contributed by atoms with van der Waals surface area (Å²) in [6, 6.07) is 18.0. The van der Waals surface area contributed by atoms with Crippen molar-refractivity contribution in [2.75, 3.05) is 44.7 Å². The molecule has 29 heavy (non-hydrogen) atoms. The lowest BCUT2D eigenvalue weighted by Gasteiger charge is -2.31. The molecule has 0 radical (unpaired) electrons. The minimum atomic E-state index is -0.237. The van der Waals surface area contributed by atoms with Crippen molar-refractivity contribution in [2.24, 2.45) is 0 Å². The van der Waals surface area contributed by atoms with Gasteiger partial charge in [0.05, 0.1) is 11.0 Å². The maximum Gasteiger partial charge on any atom is 0.244 e. The van der Waals surface area contributed by atoms with Gasteiger partial charge in [0, 0.05) is 26.2 Å². The SMILES string of the molecule is CCN(C)C(C(=O)N1CCCN(c2nc3ccccc3[nH]2)CC1)c1ccccc1. The molecule has 0 bridgehead atoms. The highest BCUT2D eigenvalue weighted by atomic mass is 16.2. The number of imidazole rings is 1. The number of carbonyl (C=O) groups is 1. The molecule has 1 atom stereocenters. The first-order valence-corrected chi connectivity index (χ1v) is 10.4. The molecule has 1 aliphatic heterocycles. The van der Waals surface area contributed by atoms with Crippen LogP contribution in [0.2, 0.25) is 0 Å². The number of hydrogen-bond donors (Lipinski definition) is 1. The van der Waals surface area contributed by atoms with Gasteiger partial charge in [-0.3, -0.25) is 9.69 Å². The molecule has 3 aromatic rings. The molecule has 0 spiro atoms. The van der Waals surface area contributed by atoms with Gasteiger partial charge in [-0.05, 0) is 37.7 Å². The fourth-order valence-electron chi connectivity index (χ4n) is 4.02. The summed E-state index contributed by atoms with van der Waals surface area (Å²) in [6.07, 6.45) is 0.931. The number of hydrogen-bond acceptors (Lipinski definition) is 4. The molecule has 0 saturated carbocycles. The second kappa shape index (κ2) is 8.66. The monoisotopic (exact) mass is 391 g/mol. The van der Waals surface area contributed by atoms with E-state index in [-0.39, 0.29) is 11.9 Å². The molecule has 1 unspecified atom stereocenters. The van der Waals surface area contributed by atoms with E-state index in [4.69, 9.17) is 4.98 Å². The Bertz CT molecular complexity index is 921. The van der Waals surface area contributed by atoms with Crippen molar-refractivity contribution in [2.45, 2.75) is 19.4 Å². The van der Waals surface area contributed by atoms with Crippen LogP contribution in [0.5, 0.6) is 0 Å². The van der Waals surface area contributed by atoms with Crippen LogP contribution in [0.4, 0.5) is 5.95 Å². The minimum absolute atomic E-state index is 0.187. The zero-order valence-electron chi connectivity index (χ0n) is 17.2. The number of para-hydroxylation sites is 2. The van der Waals surface area contributed by atoms with Crippen LogP contribution < -0.4 is 4.90 Å². The molecule has 2 aromatic carbocycles. The Balaban J connectivity index is 1.50. The predicted molar refractivity (Wildman–Crippen MR) is 117 cm³/mol. The van der Waals surface area contributed by atoms with E-state index < -0.39 is 0 Å². The van der Waals surface area contributed by atoms with Crippen LogP contribution in [0.15, 0.2) is 54.6 Å². The molecule has 1 saturated heterocycles. The lowest BCUT2D eigenvalue weighted by atomic mass is 10.0. The number of nitrogens with zero attached hydrogens (tertiary/aromatic N) is 4. The quantitative estimate of drug-likeness (QED) is 0.725. The van der Waals surface area contributed by atoms with Crippen molar-refractivity contribution < 1.29 is 4.79 Å². The fourth-order valence-corrected chi connectivity index (χ4v) is 4.02. The topological polar surface area (TPSA) is 55.5 Å². The van der Waals surface area contributed by atoms with Gasteiger partial charge in [0.25, 0.3) is 0 Å². The van der Waals surface area contributed by atoms with Crippen LogP contribution in [0.3, 0.4) is 0 Å². The third kappa shape index (κ3) is 4.12. The zero-order valence-corrected chi connectivity index (χ0v) is 17.2. The predicted octanol–water partition coefficient (Wildman–Crippen LogP) is 3.29. The zero-order chi connectivity index (χ0) is 20.2. The van der Waals surface area contributed by atoms with Gasteiger partial charge in [-0.1, -0.05) is 49.4 Å². The van der Waals surface area contributed by atoms with Crippen LogP contribution >= 0.6 is 0 Å². The van der Waals surface area contributed by atoms with Crippen molar-refractivity contribution in [1.29, 1.82) is 0 Å². The number of aromatic nitrogens is 2. The molecule has 4 rings (SSSR count). The lowest BCUT2D eigenvalue weighted by molar-refractivity contribution is -0.136. The van der Waals surface area contributed by atoms with Crippen LogP contribution in [-0.4, -0.2) is 65.4 Å². The van der Waals surface area contributed by atoms with Crippen molar-refractivity contribution in [3.05, 3.63) is 60.2 Å². The largest absolute Gasteiger partial charge is 0.341 e. The summed E-state index contributed by atoms with van der Waals surface area (Å²) in [4.78, 5) is 28.0. The number of fused-ring (bicyclic) bond motifs is 1. The number of H-pyrrole nitrogens is 1. The number of anilines is 1. The minimum Gasteiger partial charge on any atom is -0.341 e. The van der Waals surface area contributed by atoms with Gasteiger partial charge >= 0.3 is 0 Å². The van der Waals surface area contributed by atoms with Crippen LogP contribution in [-0.2, 0) is 4.79 Å². The van der Waals surface area contributed by atoms with Gasteiger partial charge in [0.15, 0.2) is 0 Å². The van der Waals surface area contributed by atoms with Crippen LogP contribution in [0.1, 0.15) is 24.9 Å². The van der Waals surface area contributed by atoms with Crippen molar-refractivity contribution >= 4 is 22.9 Å². The van der Waals surface area contributed by atoms with Crippen molar-refractivity contribution in [3.8, 4) is 0 Å². The second-order valence-corrected chi connectivity index (χ2v) is 7.63. The number of likely N-dealkylation sites (N-methyl/N-ethyl adjacent to an activating group) is 1. The number of rotatable bonds is 5. The molecular weight excluding hydrogens is 362 g/mol. The van der Waals surface area contributed by atoms with Gasteiger partial charge in [0.1, 0.15) is 6.04 Å². The average Bonchev–Trinajstić information content (AvgIpc) is 3.03. The Morgan fingerprint density at radius 1 is 1.07 bits per heavy atom. The summed E-state index contributed by atoms with van der Waals surface area (Å²) < 4.78 is 0. The molecule has 6 nitrogen and oxygen atoms in total. The normalized spacial score (nSPS) is 16.2. The summed E-state index contributed by atoms with van der Waals surface area (Å²) >= 11 is 0. The van der Waals surface area contributed by atoms with E-state index in [1.54, 1.807) is 0 Å². The highest BCUT2D eigenvalue weighted by Crippen LogP contribution is 2.24. The van der Waals surface area contributed by atoms with E-state index in [1.807, 2.05) is 66.5 Å². The molecule has 1 aliphatic rings. The molecular formula is C23H29N5O. The third-order valence-corrected chi connectivity index (χ3v) is 5.77. The molecule has 0 aliphatic carbocycles. The molecule has 1 fully saturated rings. The Hall–Kier alpha value is -2.86. The highest BCUT2D eigenvalue weighted by Gasteiger charge is 2.30. The molecule has 2 heterocycles. The average molecular weight is 392 g/mol. The van der Waals surface area contributed by atoms with E-state index in [9.17, 15) is 4.79 Å². The highest BCUT2D eigenvalue weighted by molar-refractivity contribution is 5.83. The van der Waals surface area contributed by atoms with Gasteiger partial charge < -0.3 is 14.8 Å². The first-order chi connectivity index (χ1) is 14.2. The maximum absolute atomic E-state index is 13.5. The molecule has 6 heteroatoms. The van der Waals surface area contributed by atoms with E-state index in [0.717, 1.165) is 55.1 Å². The maximum atomic E-state index is 13.5. The summed E-state index contributed by atoms with van der Waals surface area (Å²) in [6.45, 7) is 6.07. The van der Waals surface area contributed by atoms with Crippen molar-refractivity contribution in [1.82, 2.24) is 19.8 Å². The van der Waals surface area contributed by atoms with Crippen LogP contribution in [0, 0.1) is 0 Å². The molecule has 1 N–H and O–H groups in total. The van der Waals surface area contributed by atoms with E-state index in [1.165, 1.54) is 0 Å². The number of carbonyl (C=O) groups excluding carboxylic acids is 1. The summed E-state index contributed by atoms with van der Waals surface area (Å²) in [5.74, 6) is 1.08. The summed E-state index contributed by atoms with van der Waals surface area (Å²) in [5, 5.41) is 0. The van der Waals surface area contributed by atoms with Crippen LogP contribution in [0.25, 0.3) is 11.0 Å². The smallest absolute Gasteiger partial charge is 0.244 e. The number of benzene rings is 2. The Morgan fingerprint density at radius 3 is 2.59 bits per heavy atom. The summed E-state index contributed by atoms with van der Waals surface area (Å²) in [7, 11) is 2.02. The standard InChI is InChI=1S/C23H29N5O/c1-3-26(2)21(18-10-5-4-6-11-18)22(29)27-14-9-15-28(17-16-27)23-24-19-12-7-8-13-20(19)25-23/h4-8,10-13,21H,3,9,14-17H2,1-2H3,(H,24,25). The van der Waals surface area contributed by atoms with E-state index in [2.05, 4.69) is 21.7 Å². The first-order valence-electron chi connectivity index (χ1n) is 10.4. The number of aromatic amines is 1. The summed E-state index contributed by atoms with van der Waals surface area (Å²) in [5.41, 5.74) is 3.09. The van der Waals surface area contributed by atoms with E-state index >= 15 is 0 Å². The fraction of sp³-hybridized carbons (Fsp3) is 0.391. The van der Waals surface area contributed by atoms with Gasteiger partial charge in [-0.2, -0.15) is 0 Å². The van der Waals surface area contributed by atoms with Crippen molar-refractivity contribution in [3.63, 3.8) is 0 Å². The molecule has 1 aromatic heterocycles. The van der Waals surface area contributed by atoms with Gasteiger partial charge in [0.2, 0.25) is 11.9 Å². The molecule has 1 amide bonds. The number of nitrogens with one attached hydrogen (secondary N) is 1. The Kier molecular flexibility index (Phi) is 5.81. The Morgan fingerprint density at radius 2 is 1.83 bits per heavy atom. The first kappa shape index (κ1) is 19.5. The van der Waals surface area contributed by atoms with E-state index in [0.29, 0.717) is 6.54 Å². The van der Waals surface area contributed by atoms with Gasteiger partial charge in [-0.25, -0.2) is 4.98 Å². The lowest BCUT2D eigenvalue weighted by Crippen LogP contribution is -2.43.